The predicted octanol–water partition coefficient (Wildman–Crippen LogP) is 4.89. The van der Waals surface area contributed by atoms with Crippen LogP contribution in [0, 0.1) is 5.92 Å². The third-order valence-electron chi connectivity index (χ3n) is 4.19. The molecule has 1 aromatic carbocycles. The van der Waals surface area contributed by atoms with E-state index in [0.717, 1.165) is 12.8 Å². The third kappa shape index (κ3) is 5.01. The molecule has 2 rings (SSSR count). The number of hydrogen-bond acceptors (Lipinski definition) is 3. The van der Waals surface area contributed by atoms with Crippen molar-refractivity contribution in [1.29, 1.82) is 0 Å². The van der Waals surface area contributed by atoms with Crippen LogP contribution in [0.3, 0.4) is 0 Å². The molecule has 1 aromatic rings. The molecule has 1 N–H and O–H groups in total. The van der Waals surface area contributed by atoms with Crippen LogP contribution in [0.25, 0.3) is 0 Å². The van der Waals surface area contributed by atoms with E-state index in [-0.39, 0.29) is 26.5 Å². The molecule has 24 heavy (non-hydrogen) atoms. The summed E-state index contributed by atoms with van der Waals surface area (Å²) in [5, 5.41) is 3.18. The Bertz CT molecular complexity index is 615. The van der Waals surface area contributed by atoms with Crippen LogP contribution in [0.2, 0.25) is 15.1 Å². The topological polar surface area (TPSA) is 55.4 Å². The number of ether oxygens (including phenoxy) is 1. The molecule has 0 saturated heterocycles. The van der Waals surface area contributed by atoms with Crippen LogP contribution >= 0.6 is 34.8 Å². The molecule has 0 aromatic heterocycles. The molecule has 132 valence electrons. The van der Waals surface area contributed by atoms with Crippen molar-refractivity contribution >= 4 is 46.7 Å². The van der Waals surface area contributed by atoms with E-state index in [0.29, 0.717) is 12.5 Å². The van der Waals surface area contributed by atoms with Crippen molar-refractivity contribution in [2.45, 2.75) is 45.1 Å². The van der Waals surface area contributed by atoms with Crippen LogP contribution in [-0.4, -0.2) is 24.5 Å². The van der Waals surface area contributed by atoms with E-state index in [1.54, 1.807) is 0 Å². The number of carbonyl (C=O) groups excluding carboxylic acids is 2. The Hall–Kier alpha value is -0.970. The second-order valence-corrected chi connectivity index (χ2v) is 7.21. The number of benzene rings is 1. The van der Waals surface area contributed by atoms with Gasteiger partial charge in [0.25, 0.3) is 5.91 Å². The summed E-state index contributed by atoms with van der Waals surface area (Å²) in [6.07, 6.45) is 4.99. The van der Waals surface area contributed by atoms with Gasteiger partial charge in [0.2, 0.25) is 0 Å². The molecule has 1 fully saturated rings. The fourth-order valence-corrected chi connectivity index (χ4v) is 3.45. The summed E-state index contributed by atoms with van der Waals surface area (Å²) in [7, 11) is 0. The molecule has 1 unspecified atom stereocenters. The SMILES string of the molecule is CC(OC(=O)c1c(Cl)ccc(Cl)c1Cl)C(=O)NCC1CCCCC1. The van der Waals surface area contributed by atoms with Crippen LogP contribution in [0.1, 0.15) is 49.4 Å². The van der Waals surface area contributed by atoms with Crippen LogP contribution in [0.5, 0.6) is 0 Å². The van der Waals surface area contributed by atoms with Crippen molar-refractivity contribution in [1.82, 2.24) is 5.32 Å². The fourth-order valence-electron chi connectivity index (χ4n) is 2.77. The van der Waals surface area contributed by atoms with E-state index < -0.39 is 12.1 Å². The summed E-state index contributed by atoms with van der Waals surface area (Å²) < 4.78 is 5.18. The summed E-state index contributed by atoms with van der Waals surface area (Å²) in [5.41, 5.74) is -0.0298. The van der Waals surface area contributed by atoms with Crippen molar-refractivity contribution in [3.8, 4) is 0 Å². The lowest BCUT2D eigenvalue weighted by Crippen LogP contribution is -2.38. The fraction of sp³-hybridized carbons (Fsp3) is 0.529. The number of esters is 1. The van der Waals surface area contributed by atoms with Crippen molar-refractivity contribution in [2.75, 3.05) is 6.54 Å². The lowest BCUT2D eigenvalue weighted by Gasteiger charge is -2.22. The maximum atomic E-state index is 12.2. The molecule has 1 atom stereocenters. The molecule has 0 bridgehead atoms. The van der Waals surface area contributed by atoms with E-state index in [9.17, 15) is 9.59 Å². The Morgan fingerprint density at radius 1 is 1.17 bits per heavy atom. The Morgan fingerprint density at radius 2 is 1.79 bits per heavy atom. The zero-order valence-electron chi connectivity index (χ0n) is 13.4. The first kappa shape index (κ1) is 19.4. The van der Waals surface area contributed by atoms with Gasteiger partial charge in [0.15, 0.2) is 6.10 Å². The van der Waals surface area contributed by atoms with Crippen molar-refractivity contribution in [3.05, 3.63) is 32.8 Å². The summed E-state index contributed by atoms with van der Waals surface area (Å²) in [6.45, 7) is 2.12. The van der Waals surface area contributed by atoms with Gasteiger partial charge in [0.1, 0.15) is 0 Å². The number of carbonyl (C=O) groups is 2. The first-order chi connectivity index (χ1) is 11.4. The Labute approximate surface area is 156 Å². The van der Waals surface area contributed by atoms with E-state index in [1.165, 1.54) is 38.3 Å². The Morgan fingerprint density at radius 3 is 2.46 bits per heavy atom. The zero-order chi connectivity index (χ0) is 17.7. The average Bonchev–Trinajstić information content (AvgIpc) is 2.57. The molecule has 1 aliphatic rings. The van der Waals surface area contributed by atoms with Crippen LogP contribution in [0.15, 0.2) is 12.1 Å². The molecule has 0 aliphatic heterocycles. The summed E-state index contributed by atoms with van der Waals surface area (Å²) in [6, 6.07) is 2.95. The van der Waals surface area contributed by atoms with E-state index in [2.05, 4.69) is 5.32 Å². The predicted molar refractivity (Wildman–Crippen MR) is 95.9 cm³/mol. The third-order valence-corrected chi connectivity index (χ3v) is 5.31. The minimum atomic E-state index is -0.938. The van der Waals surface area contributed by atoms with Crippen molar-refractivity contribution < 1.29 is 14.3 Å². The quantitative estimate of drug-likeness (QED) is 0.573. The van der Waals surface area contributed by atoms with Gasteiger partial charge in [-0.1, -0.05) is 54.1 Å². The minimum absolute atomic E-state index is 0.0176. The normalized spacial score (nSPS) is 16.5. The maximum Gasteiger partial charge on any atom is 0.342 e. The Kier molecular flexibility index (Phi) is 7.20. The molecule has 1 amide bonds. The molecule has 1 aliphatic carbocycles. The molecule has 1 saturated carbocycles. The number of rotatable bonds is 5. The molecule has 7 heteroatoms. The average molecular weight is 393 g/mol. The molecular formula is C17H20Cl3NO3. The lowest BCUT2D eigenvalue weighted by molar-refractivity contribution is -0.129. The second-order valence-electron chi connectivity index (χ2n) is 6.01. The highest BCUT2D eigenvalue weighted by Crippen LogP contribution is 2.32. The number of hydrogen-bond donors (Lipinski definition) is 1. The molecule has 4 nitrogen and oxygen atoms in total. The van der Waals surface area contributed by atoms with Gasteiger partial charge in [0, 0.05) is 6.54 Å². The van der Waals surface area contributed by atoms with E-state index in [1.807, 2.05) is 0 Å². The van der Waals surface area contributed by atoms with Crippen LogP contribution in [0.4, 0.5) is 0 Å². The van der Waals surface area contributed by atoms with Gasteiger partial charge in [-0.3, -0.25) is 4.79 Å². The van der Waals surface area contributed by atoms with Crippen molar-refractivity contribution in [3.63, 3.8) is 0 Å². The van der Waals surface area contributed by atoms with Crippen molar-refractivity contribution in [2.24, 2.45) is 5.92 Å². The van der Waals surface area contributed by atoms with E-state index >= 15 is 0 Å². The summed E-state index contributed by atoms with van der Waals surface area (Å²) in [5.74, 6) is -0.599. The maximum absolute atomic E-state index is 12.2. The van der Waals surface area contributed by atoms with E-state index in [4.69, 9.17) is 39.5 Å². The highest BCUT2D eigenvalue weighted by molar-refractivity contribution is 6.46. The highest BCUT2D eigenvalue weighted by Gasteiger charge is 2.24. The van der Waals surface area contributed by atoms with Gasteiger partial charge in [0.05, 0.1) is 20.6 Å². The van der Waals surface area contributed by atoms with Gasteiger partial charge in [-0.25, -0.2) is 4.79 Å². The Balaban J connectivity index is 1.91. The lowest BCUT2D eigenvalue weighted by atomic mass is 9.89. The van der Waals surface area contributed by atoms with Crippen LogP contribution < -0.4 is 5.32 Å². The largest absolute Gasteiger partial charge is 0.449 e. The number of nitrogens with one attached hydrogen (secondary N) is 1. The van der Waals surface area contributed by atoms with Gasteiger partial charge >= 0.3 is 5.97 Å². The number of amides is 1. The molecule has 0 radical (unpaired) electrons. The number of halogens is 3. The first-order valence-corrected chi connectivity index (χ1v) is 9.15. The highest BCUT2D eigenvalue weighted by atomic mass is 35.5. The standard InChI is InChI=1S/C17H20Cl3NO3/c1-10(16(22)21-9-11-5-3-2-4-6-11)24-17(23)14-12(18)7-8-13(19)15(14)20/h7-8,10-11H,2-6,9H2,1H3,(H,21,22). The zero-order valence-corrected chi connectivity index (χ0v) is 15.7. The van der Waals surface area contributed by atoms with Gasteiger partial charge in [-0.2, -0.15) is 0 Å². The second kappa shape index (κ2) is 8.93. The molecule has 0 heterocycles. The monoisotopic (exact) mass is 391 g/mol. The van der Waals surface area contributed by atoms with Gasteiger partial charge in [-0.05, 0) is 37.8 Å². The smallest absolute Gasteiger partial charge is 0.342 e. The van der Waals surface area contributed by atoms with Gasteiger partial charge < -0.3 is 10.1 Å². The summed E-state index contributed by atoms with van der Waals surface area (Å²) in [4.78, 5) is 24.3. The molecular weight excluding hydrogens is 373 g/mol. The summed E-state index contributed by atoms with van der Waals surface area (Å²) >= 11 is 17.9. The first-order valence-electron chi connectivity index (χ1n) is 8.02. The molecule has 0 spiro atoms. The minimum Gasteiger partial charge on any atom is -0.449 e. The van der Waals surface area contributed by atoms with Crippen LogP contribution in [-0.2, 0) is 9.53 Å². The van der Waals surface area contributed by atoms with Gasteiger partial charge in [-0.15, -0.1) is 0 Å².